The summed E-state index contributed by atoms with van der Waals surface area (Å²) >= 11 is 0. The molecular formula is C11H24N4O. The highest BCUT2D eigenvalue weighted by Gasteiger charge is 2.34. The number of nitrogens with zero attached hydrogens (tertiary/aromatic N) is 2. The predicted molar refractivity (Wildman–Crippen MR) is 65.2 cm³/mol. The first kappa shape index (κ1) is 13.4. The molecule has 94 valence electrons. The van der Waals surface area contributed by atoms with E-state index < -0.39 is 5.54 Å². The van der Waals surface area contributed by atoms with E-state index in [1.807, 2.05) is 6.92 Å². The summed E-state index contributed by atoms with van der Waals surface area (Å²) in [6.45, 7) is 4.59. The Morgan fingerprint density at radius 3 is 2.62 bits per heavy atom. The number of nitrogens with one attached hydrogen (secondary N) is 1. The van der Waals surface area contributed by atoms with Crippen molar-refractivity contribution < 1.29 is 4.79 Å². The molecule has 1 aliphatic heterocycles. The molecule has 3 N–H and O–H groups in total. The minimum absolute atomic E-state index is 0.289. The van der Waals surface area contributed by atoms with E-state index in [4.69, 9.17) is 5.73 Å². The SMILES string of the molecule is CNC(C)(CN1CCC(N(C)C)C1)C(N)=O. The lowest BCUT2D eigenvalue weighted by atomic mass is 10.0. The Bertz CT molecular complexity index is 256. The maximum atomic E-state index is 11.4. The predicted octanol–water partition coefficient (Wildman–Crippen LogP) is -0.914. The van der Waals surface area contributed by atoms with Crippen molar-refractivity contribution in [2.75, 3.05) is 40.8 Å². The molecule has 1 amide bonds. The van der Waals surface area contributed by atoms with Gasteiger partial charge in [0.1, 0.15) is 5.54 Å². The smallest absolute Gasteiger partial charge is 0.238 e. The van der Waals surface area contributed by atoms with E-state index in [2.05, 4.69) is 29.2 Å². The molecule has 1 fully saturated rings. The van der Waals surface area contributed by atoms with Gasteiger partial charge in [-0.15, -0.1) is 0 Å². The van der Waals surface area contributed by atoms with Crippen LogP contribution in [0.1, 0.15) is 13.3 Å². The molecule has 0 aromatic rings. The summed E-state index contributed by atoms with van der Waals surface area (Å²) in [5, 5.41) is 3.02. The number of carbonyl (C=O) groups is 1. The van der Waals surface area contributed by atoms with Gasteiger partial charge in [0.05, 0.1) is 0 Å². The fourth-order valence-corrected chi connectivity index (χ4v) is 2.10. The number of primary amides is 1. The standard InChI is InChI=1S/C11H24N4O/c1-11(13-2,10(12)16)8-15-6-5-9(7-15)14(3)4/h9,13H,5-8H2,1-4H3,(H2,12,16). The summed E-state index contributed by atoms with van der Waals surface area (Å²) in [5.74, 6) is -0.289. The molecular weight excluding hydrogens is 204 g/mol. The van der Waals surface area contributed by atoms with E-state index >= 15 is 0 Å². The third-order valence-electron chi connectivity index (χ3n) is 3.61. The first-order chi connectivity index (χ1) is 7.39. The van der Waals surface area contributed by atoms with Crippen LogP contribution in [0.25, 0.3) is 0 Å². The number of amides is 1. The number of hydrogen-bond acceptors (Lipinski definition) is 4. The average molecular weight is 228 g/mol. The summed E-state index contributed by atoms with van der Waals surface area (Å²) in [4.78, 5) is 15.9. The van der Waals surface area contributed by atoms with Gasteiger partial charge in [0.15, 0.2) is 0 Å². The first-order valence-corrected chi connectivity index (χ1v) is 5.76. The monoisotopic (exact) mass is 228 g/mol. The fourth-order valence-electron chi connectivity index (χ4n) is 2.10. The van der Waals surface area contributed by atoms with Crippen LogP contribution in [0.15, 0.2) is 0 Å². The molecule has 0 aromatic heterocycles. The van der Waals surface area contributed by atoms with E-state index in [-0.39, 0.29) is 5.91 Å². The third-order valence-corrected chi connectivity index (χ3v) is 3.61. The van der Waals surface area contributed by atoms with Crippen LogP contribution in [0.2, 0.25) is 0 Å². The normalized spacial score (nSPS) is 25.9. The summed E-state index contributed by atoms with van der Waals surface area (Å²) in [5.41, 5.74) is 4.79. The Labute approximate surface area is 98.0 Å². The highest BCUT2D eigenvalue weighted by atomic mass is 16.1. The molecule has 1 aliphatic rings. The Hall–Kier alpha value is -0.650. The van der Waals surface area contributed by atoms with Crippen molar-refractivity contribution in [3.63, 3.8) is 0 Å². The molecule has 2 unspecified atom stereocenters. The highest BCUT2D eigenvalue weighted by Crippen LogP contribution is 2.16. The van der Waals surface area contributed by atoms with Gasteiger partial charge in [0.25, 0.3) is 0 Å². The number of nitrogens with two attached hydrogens (primary N) is 1. The Kier molecular flexibility index (Phi) is 4.29. The maximum Gasteiger partial charge on any atom is 0.238 e. The van der Waals surface area contributed by atoms with Crippen LogP contribution in [0.5, 0.6) is 0 Å². The molecule has 16 heavy (non-hydrogen) atoms. The molecule has 0 bridgehead atoms. The van der Waals surface area contributed by atoms with Crippen molar-refractivity contribution in [2.45, 2.75) is 24.9 Å². The summed E-state index contributed by atoms with van der Waals surface area (Å²) in [7, 11) is 5.98. The molecule has 2 atom stereocenters. The van der Waals surface area contributed by atoms with Gasteiger partial charge in [-0.3, -0.25) is 9.69 Å². The molecule has 0 aromatic carbocycles. The number of rotatable bonds is 5. The molecule has 5 heteroatoms. The van der Waals surface area contributed by atoms with E-state index in [9.17, 15) is 4.79 Å². The zero-order valence-electron chi connectivity index (χ0n) is 10.8. The maximum absolute atomic E-state index is 11.4. The lowest BCUT2D eigenvalue weighted by Crippen LogP contribution is -2.58. The van der Waals surface area contributed by atoms with Crippen molar-refractivity contribution in [2.24, 2.45) is 5.73 Å². The van der Waals surface area contributed by atoms with Gasteiger partial charge in [0, 0.05) is 19.1 Å². The minimum atomic E-state index is -0.624. The van der Waals surface area contributed by atoms with E-state index in [0.717, 1.165) is 19.5 Å². The van der Waals surface area contributed by atoms with Gasteiger partial charge in [0.2, 0.25) is 5.91 Å². The van der Waals surface area contributed by atoms with E-state index in [1.165, 1.54) is 0 Å². The third kappa shape index (κ3) is 2.93. The molecule has 1 saturated heterocycles. The van der Waals surface area contributed by atoms with Crippen molar-refractivity contribution in [3.05, 3.63) is 0 Å². The van der Waals surface area contributed by atoms with Gasteiger partial charge in [-0.1, -0.05) is 0 Å². The van der Waals surface area contributed by atoms with E-state index in [0.29, 0.717) is 12.6 Å². The van der Waals surface area contributed by atoms with E-state index in [1.54, 1.807) is 7.05 Å². The molecule has 0 radical (unpaired) electrons. The molecule has 5 nitrogen and oxygen atoms in total. The van der Waals surface area contributed by atoms with Gasteiger partial charge < -0.3 is 16.0 Å². The van der Waals surface area contributed by atoms with Gasteiger partial charge in [-0.25, -0.2) is 0 Å². The summed E-state index contributed by atoms with van der Waals surface area (Å²) in [6.07, 6.45) is 1.16. The van der Waals surface area contributed by atoms with Crippen LogP contribution in [-0.2, 0) is 4.79 Å². The molecule has 1 rings (SSSR count). The molecule has 0 spiro atoms. The number of carbonyl (C=O) groups excluding carboxylic acids is 1. The Morgan fingerprint density at radius 1 is 1.62 bits per heavy atom. The topological polar surface area (TPSA) is 61.6 Å². The second-order valence-corrected chi connectivity index (χ2v) is 5.09. The fraction of sp³-hybridized carbons (Fsp3) is 0.909. The lowest BCUT2D eigenvalue weighted by Gasteiger charge is -2.31. The van der Waals surface area contributed by atoms with Crippen LogP contribution in [0, 0.1) is 0 Å². The van der Waals surface area contributed by atoms with Crippen molar-refractivity contribution in [3.8, 4) is 0 Å². The van der Waals surface area contributed by atoms with Crippen molar-refractivity contribution >= 4 is 5.91 Å². The van der Waals surface area contributed by atoms with Gasteiger partial charge >= 0.3 is 0 Å². The number of hydrogen-bond donors (Lipinski definition) is 2. The zero-order chi connectivity index (χ0) is 12.3. The largest absolute Gasteiger partial charge is 0.368 e. The summed E-state index contributed by atoms with van der Waals surface area (Å²) in [6, 6.07) is 0.592. The Balaban J connectivity index is 2.53. The quantitative estimate of drug-likeness (QED) is 0.639. The second-order valence-electron chi connectivity index (χ2n) is 5.09. The van der Waals surface area contributed by atoms with Crippen molar-refractivity contribution in [1.82, 2.24) is 15.1 Å². The number of likely N-dealkylation sites (N-methyl/N-ethyl adjacent to an activating group) is 2. The minimum Gasteiger partial charge on any atom is -0.368 e. The van der Waals surface area contributed by atoms with Crippen LogP contribution in [0.3, 0.4) is 0 Å². The lowest BCUT2D eigenvalue weighted by molar-refractivity contribution is -0.124. The number of likely N-dealkylation sites (tertiary alicyclic amines) is 1. The Morgan fingerprint density at radius 2 is 2.25 bits per heavy atom. The molecule has 1 heterocycles. The van der Waals surface area contributed by atoms with Crippen LogP contribution < -0.4 is 11.1 Å². The van der Waals surface area contributed by atoms with Crippen LogP contribution in [0.4, 0.5) is 0 Å². The summed E-state index contributed by atoms with van der Waals surface area (Å²) < 4.78 is 0. The van der Waals surface area contributed by atoms with Crippen molar-refractivity contribution in [1.29, 1.82) is 0 Å². The first-order valence-electron chi connectivity index (χ1n) is 5.76. The van der Waals surface area contributed by atoms with Crippen LogP contribution in [-0.4, -0.2) is 68.1 Å². The zero-order valence-corrected chi connectivity index (χ0v) is 10.8. The van der Waals surface area contributed by atoms with Gasteiger partial charge in [-0.2, -0.15) is 0 Å². The average Bonchev–Trinajstić information content (AvgIpc) is 2.65. The second kappa shape index (κ2) is 5.12. The molecule has 0 saturated carbocycles. The molecule has 0 aliphatic carbocycles. The highest BCUT2D eigenvalue weighted by molar-refractivity contribution is 5.84. The van der Waals surface area contributed by atoms with Crippen LogP contribution >= 0.6 is 0 Å². The van der Waals surface area contributed by atoms with Gasteiger partial charge in [-0.05, 0) is 41.0 Å².